The number of halogens is 2. The first kappa shape index (κ1) is 30.5. The van der Waals surface area contributed by atoms with Gasteiger partial charge in [-0.3, -0.25) is 19.7 Å². The first-order valence-electron chi connectivity index (χ1n) is 13.1. The Bertz CT molecular complexity index is 1490. The van der Waals surface area contributed by atoms with Crippen LogP contribution in [0.25, 0.3) is 0 Å². The quantitative estimate of drug-likeness (QED) is 0.237. The van der Waals surface area contributed by atoms with Crippen LogP contribution in [0.4, 0.5) is 14.9 Å². The number of carbonyl (C=O) groups is 5. The third-order valence-corrected chi connectivity index (χ3v) is 6.58. The van der Waals surface area contributed by atoms with Crippen molar-refractivity contribution in [3.05, 3.63) is 70.0 Å². The molecular formula is C29H30ClFN4O7. The number of hydrogen-bond donors (Lipinski definition) is 3. The molecule has 1 atom stereocenters. The molecule has 2 aromatic rings. The summed E-state index contributed by atoms with van der Waals surface area (Å²) in [5.74, 6) is -2.50. The summed E-state index contributed by atoms with van der Waals surface area (Å²) in [5.41, 5.74) is 0.460. The highest BCUT2D eigenvalue weighted by atomic mass is 35.5. The zero-order chi connectivity index (χ0) is 30.8. The molecule has 42 heavy (non-hydrogen) atoms. The van der Waals surface area contributed by atoms with E-state index in [1.165, 1.54) is 29.2 Å². The summed E-state index contributed by atoms with van der Waals surface area (Å²) >= 11 is 6.15. The van der Waals surface area contributed by atoms with E-state index < -0.39 is 47.2 Å². The molecule has 0 radical (unpaired) electrons. The Kier molecular flexibility index (Phi) is 8.86. The van der Waals surface area contributed by atoms with Crippen LogP contribution in [0.2, 0.25) is 5.02 Å². The van der Waals surface area contributed by atoms with Gasteiger partial charge >= 0.3 is 12.0 Å². The van der Waals surface area contributed by atoms with Gasteiger partial charge in [-0.05, 0) is 57.0 Å². The van der Waals surface area contributed by atoms with Crippen molar-refractivity contribution in [2.45, 2.75) is 58.3 Å². The van der Waals surface area contributed by atoms with E-state index in [0.29, 0.717) is 5.56 Å². The monoisotopic (exact) mass is 600 g/mol. The lowest BCUT2D eigenvalue weighted by Crippen LogP contribution is -2.52. The molecule has 2 aromatic carbocycles. The first-order valence-corrected chi connectivity index (χ1v) is 13.4. The van der Waals surface area contributed by atoms with E-state index in [1.807, 2.05) is 0 Å². The Balaban J connectivity index is 1.34. The molecule has 1 saturated heterocycles. The number of hydrogen-bond acceptors (Lipinski definition) is 7. The zero-order valence-corrected chi connectivity index (χ0v) is 24.0. The van der Waals surface area contributed by atoms with Crippen LogP contribution in [0.5, 0.6) is 5.75 Å². The van der Waals surface area contributed by atoms with Gasteiger partial charge in [0.05, 0.1) is 5.57 Å². The number of amides is 5. The number of piperidine rings is 1. The average molecular weight is 601 g/mol. The maximum absolute atomic E-state index is 14.9. The lowest BCUT2D eigenvalue weighted by Gasteiger charge is -2.29. The van der Waals surface area contributed by atoms with Crippen LogP contribution in [0, 0.1) is 5.82 Å². The third-order valence-electron chi connectivity index (χ3n) is 6.36. The maximum Gasteiger partial charge on any atom is 0.337 e. The summed E-state index contributed by atoms with van der Waals surface area (Å²) in [6, 6.07) is 5.53. The van der Waals surface area contributed by atoms with Crippen molar-refractivity contribution in [1.82, 2.24) is 15.5 Å². The van der Waals surface area contributed by atoms with Gasteiger partial charge in [0.1, 0.15) is 29.8 Å². The molecule has 222 valence electrons. The Hall–Kier alpha value is -4.45. The molecule has 2 aliphatic rings. The highest BCUT2D eigenvalue weighted by Crippen LogP contribution is 2.30. The summed E-state index contributed by atoms with van der Waals surface area (Å²) < 4.78 is 25.7. The van der Waals surface area contributed by atoms with E-state index in [1.54, 1.807) is 20.8 Å². The predicted molar refractivity (Wildman–Crippen MR) is 150 cm³/mol. The number of benzene rings is 2. The number of fused-ring (bicyclic) bond motifs is 1. The first-order chi connectivity index (χ1) is 19.7. The lowest BCUT2D eigenvalue weighted by atomic mass is 10.0. The third kappa shape index (κ3) is 7.43. The van der Waals surface area contributed by atoms with Gasteiger partial charge < -0.3 is 25.0 Å². The fraction of sp³-hybridized carbons (Fsp3) is 0.345. The van der Waals surface area contributed by atoms with Gasteiger partial charge in [0.2, 0.25) is 11.8 Å². The predicted octanol–water partition coefficient (Wildman–Crippen LogP) is 3.84. The molecule has 2 aliphatic heterocycles. The molecule has 0 saturated carbocycles. The molecule has 1 fully saturated rings. The number of nitrogens with zero attached hydrogens (tertiary/aromatic N) is 1. The molecular weight excluding hydrogens is 571 g/mol. The minimum absolute atomic E-state index is 0.0750. The number of imide groups is 1. The highest BCUT2D eigenvalue weighted by Gasteiger charge is 2.39. The lowest BCUT2D eigenvalue weighted by molar-refractivity contribution is -0.150. The fourth-order valence-corrected chi connectivity index (χ4v) is 4.65. The minimum atomic E-state index is -0.819. The van der Waals surface area contributed by atoms with E-state index in [9.17, 15) is 28.4 Å². The second kappa shape index (κ2) is 12.2. The smallest absolute Gasteiger partial charge is 0.337 e. The summed E-state index contributed by atoms with van der Waals surface area (Å²) in [6.45, 7) is 8.58. The molecule has 0 bridgehead atoms. The molecule has 0 aliphatic carbocycles. The average Bonchev–Trinajstić information content (AvgIpc) is 3.19. The number of rotatable bonds is 8. The number of nitrogens with one attached hydrogen (secondary N) is 3. The molecule has 4 rings (SSSR count). The standard InChI is InChI=1S/C29H30ClFN4O7/c1-15(27(39)42-29(2,3)4)14-41-20-9-18(30)8-19(10-20)33-28(40)32-12-16-7-17-13-35(26(38)21(17)11-22(16)31)23-5-6-24(36)34-25(23)37/h7-11,23H,1,5-6,12-14H2,2-4H3,(H2,32,33,40)(H,34,36,37). The van der Waals surface area contributed by atoms with Crippen LogP contribution in [-0.4, -0.2) is 52.9 Å². The van der Waals surface area contributed by atoms with Gasteiger partial charge in [0.25, 0.3) is 5.91 Å². The summed E-state index contributed by atoms with van der Waals surface area (Å²) in [5, 5.41) is 7.61. The van der Waals surface area contributed by atoms with Crippen LogP contribution >= 0.6 is 11.6 Å². The van der Waals surface area contributed by atoms with Gasteiger partial charge in [-0.15, -0.1) is 0 Å². The van der Waals surface area contributed by atoms with Crippen molar-refractivity contribution in [2.75, 3.05) is 11.9 Å². The zero-order valence-electron chi connectivity index (χ0n) is 23.3. The van der Waals surface area contributed by atoms with E-state index in [4.69, 9.17) is 21.1 Å². The van der Waals surface area contributed by atoms with Crippen molar-refractivity contribution in [2.24, 2.45) is 0 Å². The van der Waals surface area contributed by atoms with E-state index in [0.717, 1.165) is 6.07 Å². The van der Waals surface area contributed by atoms with Crippen LogP contribution < -0.4 is 20.7 Å². The molecule has 3 N–H and O–H groups in total. The Labute approximate surface area is 246 Å². The van der Waals surface area contributed by atoms with Gasteiger partial charge in [-0.25, -0.2) is 14.0 Å². The molecule has 5 amide bonds. The minimum Gasteiger partial charge on any atom is -0.489 e. The van der Waals surface area contributed by atoms with Crippen molar-refractivity contribution in [1.29, 1.82) is 0 Å². The second-order valence-corrected chi connectivity index (χ2v) is 11.3. The SMILES string of the molecule is C=C(COc1cc(Cl)cc(NC(=O)NCc2cc3c(cc2F)C(=O)N(C2CCC(=O)NC2=O)C3)c1)C(=O)OC(C)(C)C. The molecule has 1 unspecified atom stereocenters. The number of carbonyl (C=O) groups excluding carboxylic acids is 5. The molecule has 0 spiro atoms. The Morgan fingerprint density at radius 3 is 2.60 bits per heavy atom. The summed E-state index contributed by atoms with van der Waals surface area (Å²) in [4.78, 5) is 62.5. The van der Waals surface area contributed by atoms with Crippen LogP contribution in [0.1, 0.15) is 55.1 Å². The molecule has 13 heteroatoms. The normalized spacial score (nSPS) is 16.5. The van der Waals surface area contributed by atoms with Crippen molar-refractivity contribution in [3.63, 3.8) is 0 Å². The number of urea groups is 1. The maximum atomic E-state index is 14.9. The Morgan fingerprint density at radius 2 is 1.90 bits per heavy atom. The molecule has 2 heterocycles. The highest BCUT2D eigenvalue weighted by molar-refractivity contribution is 6.31. The number of anilines is 1. The summed E-state index contributed by atoms with van der Waals surface area (Å²) in [6.07, 6.45) is 0.299. The van der Waals surface area contributed by atoms with Gasteiger partial charge in [0, 0.05) is 47.4 Å². The summed E-state index contributed by atoms with van der Waals surface area (Å²) in [7, 11) is 0. The van der Waals surface area contributed by atoms with Gasteiger partial charge in [0.15, 0.2) is 0 Å². The van der Waals surface area contributed by atoms with Gasteiger partial charge in [-0.2, -0.15) is 0 Å². The topological polar surface area (TPSA) is 143 Å². The van der Waals surface area contributed by atoms with Crippen LogP contribution in [0.3, 0.4) is 0 Å². The number of ether oxygens (including phenoxy) is 2. The van der Waals surface area contributed by atoms with E-state index >= 15 is 0 Å². The largest absolute Gasteiger partial charge is 0.489 e. The second-order valence-electron chi connectivity index (χ2n) is 10.9. The van der Waals surface area contributed by atoms with Crippen molar-refractivity contribution >= 4 is 47.0 Å². The molecule has 0 aromatic heterocycles. The van der Waals surface area contributed by atoms with E-state index in [-0.39, 0.29) is 65.7 Å². The van der Waals surface area contributed by atoms with Crippen molar-refractivity contribution < 1.29 is 37.8 Å². The van der Waals surface area contributed by atoms with Crippen LogP contribution in [0.15, 0.2) is 42.5 Å². The van der Waals surface area contributed by atoms with Crippen molar-refractivity contribution in [3.8, 4) is 5.75 Å². The Morgan fingerprint density at radius 1 is 1.17 bits per heavy atom. The number of esters is 1. The fourth-order valence-electron chi connectivity index (χ4n) is 4.42. The van der Waals surface area contributed by atoms with E-state index in [2.05, 4.69) is 22.5 Å². The van der Waals surface area contributed by atoms with Crippen LogP contribution in [-0.2, 0) is 32.2 Å². The molecule has 11 nitrogen and oxygen atoms in total. The van der Waals surface area contributed by atoms with Gasteiger partial charge in [-0.1, -0.05) is 18.2 Å².